The van der Waals surface area contributed by atoms with E-state index in [1.807, 2.05) is 0 Å². The number of rotatable bonds is 5. The lowest BCUT2D eigenvalue weighted by Gasteiger charge is -2.21. The Hall–Kier alpha value is -3.81. The van der Waals surface area contributed by atoms with Gasteiger partial charge in [0, 0.05) is 0 Å². The zero-order valence-electron chi connectivity index (χ0n) is 19.6. The fourth-order valence-corrected chi connectivity index (χ4v) is 2.36. The summed E-state index contributed by atoms with van der Waals surface area (Å²) in [7, 11) is 0. The Morgan fingerprint density at radius 2 is 1.24 bits per heavy atom. The Balaban J connectivity index is 2.28. The summed E-state index contributed by atoms with van der Waals surface area (Å²) in [6.07, 6.45) is -0.383. The molecule has 0 heterocycles. The van der Waals surface area contributed by atoms with Crippen LogP contribution in [0.25, 0.3) is 6.08 Å². The Morgan fingerprint density at radius 1 is 0.727 bits per heavy atom. The van der Waals surface area contributed by atoms with E-state index in [1.54, 1.807) is 71.9 Å². The lowest BCUT2D eigenvalue weighted by molar-refractivity contribution is 0.0137. The number of hydrogen-bond acceptors (Lipinski definition) is 8. The summed E-state index contributed by atoms with van der Waals surface area (Å²) in [6, 6.07) is 10.6. The lowest BCUT2D eigenvalue weighted by Crippen LogP contribution is -2.27. The van der Waals surface area contributed by atoms with E-state index in [0.717, 1.165) is 5.56 Å². The summed E-state index contributed by atoms with van der Waals surface area (Å²) >= 11 is 0. The molecule has 0 aliphatic rings. The highest BCUT2D eigenvalue weighted by atomic mass is 16.8. The zero-order chi connectivity index (χ0) is 24.8. The maximum atomic E-state index is 12.6. The van der Waals surface area contributed by atoms with Crippen molar-refractivity contribution in [2.75, 3.05) is 0 Å². The van der Waals surface area contributed by atoms with Crippen LogP contribution < -0.4 is 14.2 Å². The first-order chi connectivity index (χ1) is 15.3. The molecule has 0 radical (unpaired) electrons. The highest BCUT2D eigenvalue weighted by Crippen LogP contribution is 2.31. The molecule has 2 rings (SSSR count). The minimum atomic E-state index is -1.04. The molecule has 0 saturated carbocycles. The van der Waals surface area contributed by atoms with Crippen molar-refractivity contribution in [3.05, 3.63) is 60.2 Å². The van der Waals surface area contributed by atoms with Crippen LogP contribution in [0.5, 0.6) is 17.2 Å². The van der Waals surface area contributed by atoms with Crippen LogP contribution in [0.4, 0.5) is 9.59 Å². The summed E-state index contributed by atoms with van der Waals surface area (Å²) in [5, 5.41) is 0. The lowest BCUT2D eigenvalue weighted by atomic mass is 10.2. The van der Waals surface area contributed by atoms with Crippen LogP contribution in [0.2, 0.25) is 0 Å². The topological polar surface area (TPSA) is 97.4 Å². The van der Waals surface area contributed by atoms with E-state index in [1.165, 1.54) is 18.2 Å². The standard InChI is InChI=1S/C25H28O8/c1-8-16-9-12-18(13-10-16)29-21(26)17-11-14-19(30-22(27)32-24(2,3)4)20(15-17)31-23(28)33-25(5,6)7/h8-15H,1H2,2-7H3. The quantitative estimate of drug-likeness (QED) is 0.299. The molecule has 0 unspecified atom stereocenters. The van der Waals surface area contributed by atoms with Gasteiger partial charge in [-0.15, -0.1) is 0 Å². The minimum absolute atomic E-state index is 0.0536. The SMILES string of the molecule is C=Cc1ccc(OC(=O)c2ccc(OC(=O)OC(C)(C)C)c(OC(=O)OC(C)(C)C)c2)cc1. The second-order valence-corrected chi connectivity index (χ2v) is 8.96. The Bertz CT molecular complexity index is 1020. The van der Waals surface area contributed by atoms with Crippen molar-refractivity contribution in [1.82, 2.24) is 0 Å². The van der Waals surface area contributed by atoms with Crippen molar-refractivity contribution < 1.29 is 38.1 Å². The van der Waals surface area contributed by atoms with Crippen LogP contribution in [0.15, 0.2) is 49.0 Å². The van der Waals surface area contributed by atoms with Crippen LogP contribution in [-0.4, -0.2) is 29.5 Å². The number of ether oxygens (including phenoxy) is 5. The molecule has 2 aromatic carbocycles. The normalized spacial score (nSPS) is 11.2. The Morgan fingerprint density at radius 3 is 1.73 bits per heavy atom. The van der Waals surface area contributed by atoms with Gasteiger partial charge in [-0.05, 0) is 77.4 Å². The molecule has 0 saturated heterocycles. The second-order valence-electron chi connectivity index (χ2n) is 8.96. The molecule has 0 aliphatic heterocycles. The Kier molecular flexibility index (Phi) is 7.87. The molecular weight excluding hydrogens is 428 g/mol. The van der Waals surface area contributed by atoms with Gasteiger partial charge in [-0.1, -0.05) is 24.8 Å². The third-order valence-electron chi connectivity index (χ3n) is 3.67. The molecular formula is C25H28O8. The fraction of sp³-hybridized carbons (Fsp3) is 0.320. The molecule has 2 aromatic rings. The third-order valence-corrected chi connectivity index (χ3v) is 3.67. The van der Waals surface area contributed by atoms with Gasteiger partial charge in [0.25, 0.3) is 0 Å². The number of carbonyl (C=O) groups is 3. The van der Waals surface area contributed by atoms with E-state index >= 15 is 0 Å². The highest BCUT2D eigenvalue weighted by Gasteiger charge is 2.24. The van der Waals surface area contributed by atoms with Crippen molar-refractivity contribution in [3.63, 3.8) is 0 Å². The fourth-order valence-electron chi connectivity index (χ4n) is 2.36. The first-order valence-corrected chi connectivity index (χ1v) is 10.2. The first kappa shape index (κ1) is 25.5. The van der Waals surface area contributed by atoms with Gasteiger partial charge in [0.15, 0.2) is 11.5 Å². The molecule has 8 heteroatoms. The molecule has 33 heavy (non-hydrogen) atoms. The average Bonchev–Trinajstić information content (AvgIpc) is 2.67. The highest BCUT2D eigenvalue weighted by molar-refractivity contribution is 5.92. The van der Waals surface area contributed by atoms with Crippen LogP contribution in [0.3, 0.4) is 0 Å². The van der Waals surface area contributed by atoms with Crippen LogP contribution in [0.1, 0.15) is 57.5 Å². The van der Waals surface area contributed by atoms with Gasteiger partial charge in [0.05, 0.1) is 5.56 Å². The van der Waals surface area contributed by atoms with Crippen molar-refractivity contribution in [2.24, 2.45) is 0 Å². The minimum Gasteiger partial charge on any atom is -0.428 e. The van der Waals surface area contributed by atoms with Crippen molar-refractivity contribution in [3.8, 4) is 17.2 Å². The van der Waals surface area contributed by atoms with E-state index in [0.29, 0.717) is 5.75 Å². The van der Waals surface area contributed by atoms with Gasteiger partial charge in [0.1, 0.15) is 17.0 Å². The molecule has 0 fully saturated rings. The van der Waals surface area contributed by atoms with E-state index in [4.69, 9.17) is 23.7 Å². The summed E-state index contributed by atoms with van der Waals surface area (Å²) < 4.78 is 26.0. The third kappa shape index (κ3) is 8.68. The smallest absolute Gasteiger partial charge is 0.428 e. The number of esters is 1. The van der Waals surface area contributed by atoms with E-state index in [9.17, 15) is 14.4 Å². The maximum absolute atomic E-state index is 12.6. The average molecular weight is 456 g/mol. The number of carbonyl (C=O) groups excluding carboxylic acids is 3. The second kappa shape index (κ2) is 10.2. The van der Waals surface area contributed by atoms with Gasteiger partial charge in [-0.25, -0.2) is 14.4 Å². The zero-order valence-corrected chi connectivity index (χ0v) is 19.6. The van der Waals surface area contributed by atoms with Crippen LogP contribution in [0, 0.1) is 0 Å². The summed E-state index contributed by atoms with van der Waals surface area (Å²) in [5.74, 6) is -0.748. The van der Waals surface area contributed by atoms with Crippen LogP contribution in [-0.2, 0) is 9.47 Å². The van der Waals surface area contributed by atoms with E-state index in [-0.39, 0.29) is 17.1 Å². The molecule has 0 bridgehead atoms. The summed E-state index contributed by atoms with van der Waals surface area (Å²) in [4.78, 5) is 36.9. The largest absolute Gasteiger partial charge is 0.514 e. The van der Waals surface area contributed by atoms with E-state index in [2.05, 4.69) is 6.58 Å². The molecule has 0 aliphatic carbocycles. The molecule has 0 atom stereocenters. The molecule has 0 N–H and O–H groups in total. The molecule has 0 amide bonds. The van der Waals surface area contributed by atoms with Gasteiger partial charge < -0.3 is 23.7 Å². The van der Waals surface area contributed by atoms with E-state index < -0.39 is 29.5 Å². The van der Waals surface area contributed by atoms with Gasteiger partial charge in [0.2, 0.25) is 0 Å². The first-order valence-electron chi connectivity index (χ1n) is 10.2. The summed E-state index contributed by atoms with van der Waals surface area (Å²) in [6.45, 7) is 13.7. The molecule has 0 spiro atoms. The summed E-state index contributed by atoms with van der Waals surface area (Å²) in [5.41, 5.74) is -0.699. The van der Waals surface area contributed by atoms with Crippen molar-refractivity contribution in [2.45, 2.75) is 52.7 Å². The van der Waals surface area contributed by atoms with Crippen LogP contribution >= 0.6 is 0 Å². The predicted molar refractivity (Wildman–Crippen MR) is 122 cm³/mol. The number of benzene rings is 2. The number of hydrogen-bond donors (Lipinski definition) is 0. The van der Waals surface area contributed by atoms with Gasteiger partial charge in [-0.2, -0.15) is 0 Å². The molecule has 176 valence electrons. The van der Waals surface area contributed by atoms with Crippen molar-refractivity contribution in [1.29, 1.82) is 0 Å². The van der Waals surface area contributed by atoms with Gasteiger partial charge >= 0.3 is 18.3 Å². The van der Waals surface area contributed by atoms with Crippen molar-refractivity contribution >= 4 is 24.4 Å². The Labute approximate surface area is 193 Å². The molecule has 8 nitrogen and oxygen atoms in total. The maximum Gasteiger partial charge on any atom is 0.514 e. The molecule has 0 aromatic heterocycles. The predicted octanol–water partition coefficient (Wildman–Crippen LogP) is 6.18. The monoisotopic (exact) mass is 456 g/mol. The van der Waals surface area contributed by atoms with Gasteiger partial charge in [-0.3, -0.25) is 0 Å².